The molecular weight excluding hydrogens is 359 g/mol. The van der Waals surface area contributed by atoms with Gasteiger partial charge >= 0.3 is 30.0 Å². The van der Waals surface area contributed by atoms with Crippen LogP contribution in [0.25, 0.3) is 0 Å². The van der Waals surface area contributed by atoms with E-state index in [-0.39, 0.29) is 11.7 Å². The molecule has 5 heteroatoms. The normalized spacial score (nSPS) is 23.2. The van der Waals surface area contributed by atoms with Crippen LogP contribution in [0.3, 0.4) is 0 Å². The van der Waals surface area contributed by atoms with E-state index in [1.54, 1.807) is 6.07 Å². The summed E-state index contributed by atoms with van der Waals surface area (Å²) in [5.41, 5.74) is 1.27. The third kappa shape index (κ3) is 3.77. The number of ether oxygens (including phenoxy) is 1. The predicted octanol–water partition coefficient (Wildman–Crippen LogP) is 3.47. The summed E-state index contributed by atoms with van der Waals surface area (Å²) < 4.78 is 7.64. The van der Waals surface area contributed by atoms with Gasteiger partial charge in [0.15, 0.2) is 0 Å². The minimum atomic E-state index is 0.123. The van der Waals surface area contributed by atoms with Crippen molar-refractivity contribution < 1.29 is 21.1 Å². The number of hydrogen-bond acceptors (Lipinski definition) is 2. The SMILES string of the molecule is O=c1ccc(C2C[CH-]CCO2)cn1C1CCC1.[Zn+][Br]. The molecule has 1 saturated heterocycles. The van der Waals surface area contributed by atoms with Crippen molar-refractivity contribution in [2.45, 2.75) is 44.2 Å². The fraction of sp³-hybridized carbons (Fsp3) is 0.571. The molecule has 1 unspecified atom stereocenters. The molecule has 1 aromatic rings. The monoisotopic (exact) mass is 375 g/mol. The molecule has 2 fully saturated rings. The summed E-state index contributed by atoms with van der Waals surface area (Å²) in [6.07, 6.45) is 9.96. The van der Waals surface area contributed by atoms with Gasteiger partial charge < -0.3 is 15.7 Å². The molecule has 2 heterocycles. The Labute approximate surface area is 130 Å². The van der Waals surface area contributed by atoms with E-state index >= 15 is 0 Å². The first-order valence-corrected chi connectivity index (χ1v) is 13.7. The fourth-order valence-corrected chi connectivity index (χ4v) is 2.52. The molecule has 0 bridgehead atoms. The average molecular weight is 378 g/mol. The molecule has 19 heavy (non-hydrogen) atoms. The van der Waals surface area contributed by atoms with Gasteiger partial charge in [0, 0.05) is 24.9 Å². The van der Waals surface area contributed by atoms with Crippen LogP contribution in [0.2, 0.25) is 0 Å². The molecule has 1 atom stereocenters. The van der Waals surface area contributed by atoms with Gasteiger partial charge in [-0.05, 0) is 30.9 Å². The Bertz CT molecular complexity index is 453. The van der Waals surface area contributed by atoms with Crippen LogP contribution in [0, 0.1) is 6.42 Å². The summed E-state index contributed by atoms with van der Waals surface area (Å²) in [7, 11) is 0. The van der Waals surface area contributed by atoms with Gasteiger partial charge in [-0.1, -0.05) is 0 Å². The van der Waals surface area contributed by atoms with E-state index < -0.39 is 0 Å². The average Bonchev–Trinajstić information content (AvgIpc) is 2.42. The molecule has 2 aliphatic rings. The van der Waals surface area contributed by atoms with E-state index in [4.69, 9.17) is 4.74 Å². The van der Waals surface area contributed by atoms with Gasteiger partial charge in [0.2, 0.25) is 0 Å². The van der Waals surface area contributed by atoms with Crippen LogP contribution in [-0.2, 0) is 21.1 Å². The van der Waals surface area contributed by atoms with Gasteiger partial charge in [-0.3, -0.25) is 4.79 Å². The summed E-state index contributed by atoms with van der Waals surface area (Å²) in [6, 6.07) is 4.03. The van der Waals surface area contributed by atoms with E-state index in [2.05, 4.69) is 20.0 Å². The van der Waals surface area contributed by atoms with Gasteiger partial charge in [-0.15, -0.1) is 6.42 Å². The predicted molar refractivity (Wildman–Crippen MR) is 74.7 cm³/mol. The van der Waals surface area contributed by atoms with Gasteiger partial charge in [0.25, 0.3) is 5.56 Å². The van der Waals surface area contributed by atoms with Crippen molar-refractivity contribution in [1.29, 1.82) is 0 Å². The van der Waals surface area contributed by atoms with Gasteiger partial charge in [0.05, 0.1) is 6.10 Å². The third-order valence-corrected chi connectivity index (χ3v) is 3.82. The number of nitrogens with zero attached hydrogens (tertiary/aromatic N) is 1. The molecule has 3 nitrogen and oxygen atoms in total. The van der Waals surface area contributed by atoms with Crippen LogP contribution in [0.5, 0.6) is 0 Å². The van der Waals surface area contributed by atoms with Crippen LogP contribution in [0.15, 0.2) is 23.1 Å². The number of rotatable bonds is 2. The van der Waals surface area contributed by atoms with Crippen molar-refractivity contribution in [3.8, 4) is 0 Å². The Kier molecular flexibility index (Phi) is 6.25. The van der Waals surface area contributed by atoms with E-state index in [0.29, 0.717) is 6.04 Å². The Balaban J connectivity index is 0.000000637. The molecule has 100 valence electrons. The van der Waals surface area contributed by atoms with E-state index in [1.165, 1.54) is 22.8 Å². The molecule has 1 aromatic heterocycles. The van der Waals surface area contributed by atoms with Crippen LogP contribution >= 0.6 is 13.6 Å². The second-order valence-corrected chi connectivity index (χ2v) is 4.97. The molecule has 0 spiro atoms. The molecule has 0 N–H and O–H groups in total. The Morgan fingerprint density at radius 2 is 2.16 bits per heavy atom. The van der Waals surface area contributed by atoms with Crippen molar-refractivity contribution in [1.82, 2.24) is 4.57 Å². The summed E-state index contributed by atoms with van der Waals surface area (Å²) in [4.78, 5) is 11.8. The summed E-state index contributed by atoms with van der Waals surface area (Å²) in [5, 5.41) is 0. The van der Waals surface area contributed by atoms with Gasteiger partial charge in [-0.25, -0.2) is 0 Å². The number of hydrogen-bond donors (Lipinski definition) is 0. The van der Waals surface area contributed by atoms with Crippen molar-refractivity contribution >= 4 is 13.6 Å². The Hall–Kier alpha value is 0.0134. The van der Waals surface area contributed by atoms with Gasteiger partial charge in [-0.2, -0.15) is 6.42 Å². The number of aromatic nitrogens is 1. The van der Waals surface area contributed by atoms with Crippen LogP contribution in [0.4, 0.5) is 0 Å². The minimum absolute atomic E-state index is 0.123. The summed E-state index contributed by atoms with van der Waals surface area (Å²) in [6.45, 7) is 0.799. The topological polar surface area (TPSA) is 31.2 Å². The van der Waals surface area contributed by atoms with Crippen LogP contribution in [-0.4, -0.2) is 11.2 Å². The molecule has 0 radical (unpaired) electrons. The second kappa shape index (κ2) is 7.71. The zero-order valence-electron chi connectivity index (χ0n) is 11.1. The standard InChI is InChI=1S/C14H18NO2.BrH.Zn/c16-14-8-7-11(13-6-1-2-9-17-13)10-15(14)12-4-3-5-12;;/h1,7-8,10,12-13H,2-6,9H2;1H;/q-1;;+2/p-1. The molecule has 1 aliphatic heterocycles. The maximum atomic E-state index is 11.8. The molecule has 1 aliphatic carbocycles. The first kappa shape index (κ1) is 15.4. The fourth-order valence-electron chi connectivity index (χ4n) is 2.52. The molecule has 1 saturated carbocycles. The third-order valence-electron chi connectivity index (χ3n) is 3.82. The zero-order valence-corrected chi connectivity index (χ0v) is 15.6. The molecule has 0 aromatic carbocycles. The number of halogens is 1. The quantitative estimate of drug-likeness (QED) is 0.584. The first-order chi connectivity index (χ1) is 9.34. The number of pyridine rings is 1. The van der Waals surface area contributed by atoms with E-state index in [1.807, 2.05) is 16.8 Å². The Morgan fingerprint density at radius 1 is 1.37 bits per heavy atom. The van der Waals surface area contributed by atoms with Crippen molar-refractivity contribution in [2.75, 3.05) is 6.61 Å². The zero-order chi connectivity index (χ0) is 13.7. The molecular formula is C14H18BrNO2Zn. The van der Waals surface area contributed by atoms with E-state index in [0.717, 1.165) is 37.9 Å². The first-order valence-electron chi connectivity index (χ1n) is 6.77. The van der Waals surface area contributed by atoms with E-state index in [9.17, 15) is 4.79 Å². The molecule has 0 amide bonds. The second-order valence-electron chi connectivity index (χ2n) is 4.97. The van der Waals surface area contributed by atoms with Crippen molar-refractivity contribution in [3.05, 3.63) is 40.7 Å². The summed E-state index contributed by atoms with van der Waals surface area (Å²) in [5.74, 6) is 0. The molecule has 3 rings (SSSR count). The Morgan fingerprint density at radius 3 is 2.74 bits per heavy atom. The van der Waals surface area contributed by atoms with Crippen molar-refractivity contribution in [2.24, 2.45) is 0 Å². The summed E-state index contributed by atoms with van der Waals surface area (Å²) >= 11 is 4.25. The van der Waals surface area contributed by atoms with Gasteiger partial charge in [0.1, 0.15) is 0 Å². The maximum absolute atomic E-state index is 11.8. The van der Waals surface area contributed by atoms with Crippen LogP contribution in [0.1, 0.15) is 49.8 Å². The van der Waals surface area contributed by atoms with Crippen molar-refractivity contribution in [3.63, 3.8) is 0 Å². The van der Waals surface area contributed by atoms with Crippen LogP contribution < -0.4 is 5.56 Å².